The summed E-state index contributed by atoms with van der Waals surface area (Å²) in [5.41, 5.74) is 2.90. The van der Waals surface area contributed by atoms with E-state index in [-0.39, 0.29) is 0 Å². The fourth-order valence-electron chi connectivity index (χ4n) is 5.42. The summed E-state index contributed by atoms with van der Waals surface area (Å²) in [5.74, 6) is 2.93. The molecule has 2 saturated carbocycles. The minimum absolute atomic E-state index is 0.571. The van der Waals surface area contributed by atoms with E-state index in [9.17, 15) is 0 Å². The number of allylic oxidation sites excluding steroid dienone is 2. The van der Waals surface area contributed by atoms with Gasteiger partial charge in [0.15, 0.2) is 0 Å². The lowest BCUT2D eigenvalue weighted by Crippen LogP contribution is -2.41. The Morgan fingerprint density at radius 3 is 2.80 bits per heavy atom. The Morgan fingerprint density at radius 2 is 2.07 bits per heavy atom. The van der Waals surface area contributed by atoms with Gasteiger partial charge in [-0.2, -0.15) is 0 Å². The summed E-state index contributed by atoms with van der Waals surface area (Å²) in [6, 6.07) is 0. The smallest absolute Gasteiger partial charge is 0.000604 e. The van der Waals surface area contributed by atoms with E-state index in [0.29, 0.717) is 10.8 Å². The van der Waals surface area contributed by atoms with Gasteiger partial charge in [-0.15, -0.1) is 0 Å². The molecule has 0 aromatic rings. The van der Waals surface area contributed by atoms with Crippen LogP contribution >= 0.6 is 0 Å². The minimum atomic E-state index is 0.571. The van der Waals surface area contributed by atoms with Gasteiger partial charge in [-0.1, -0.05) is 32.4 Å². The second-order valence-corrected chi connectivity index (χ2v) is 6.87. The first-order chi connectivity index (χ1) is 7.00. The first kappa shape index (κ1) is 9.93. The van der Waals surface area contributed by atoms with Gasteiger partial charge >= 0.3 is 0 Å². The molecule has 2 bridgehead atoms. The normalized spacial score (nSPS) is 51.5. The maximum absolute atomic E-state index is 2.56. The van der Waals surface area contributed by atoms with Crippen molar-refractivity contribution in [1.82, 2.24) is 0 Å². The summed E-state index contributed by atoms with van der Waals surface area (Å²) < 4.78 is 0. The molecule has 0 amide bonds. The first-order valence-electron chi connectivity index (χ1n) is 6.67. The van der Waals surface area contributed by atoms with Crippen molar-refractivity contribution in [2.75, 3.05) is 0 Å². The molecule has 3 aliphatic carbocycles. The van der Waals surface area contributed by atoms with Crippen LogP contribution in [0.2, 0.25) is 0 Å². The van der Waals surface area contributed by atoms with Gasteiger partial charge in [-0.25, -0.2) is 0 Å². The highest BCUT2D eigenvalue weighted by molar-refractivity contribution is 5.30. The molecule has 0 aromatic heterocycles. The molecule has 84 valence electrons. The van der Waals surface area contributed by atoms with Crippen LogP contribution in [0.25, 0.3) is 0 Å². The first-order valence-corrected chi connectivity index (χ1v) is 6.67. The maximum atomic E-state index is 2.56. The predicted octanol–water partition coefficient (Wildman–Crippen LogP) is 4.42. The monoisotopic (exact) mass is 204 g/mol. The second kappa shape index (κ2) is 2.70. The van der Waals surface area contributed by atoms with Crippen molar-refractivity contribution >= 4 is 0 Å². The van der Waals surface area contributed by atoms with Crippen LogP contribution in [0.5, 0.6) is 0 Å². The molecule has 1 spiro atoms. The predicted molar refractivity (Wildman–Crippen MR) is 64.6 cm³/mol. The average molecular weight is 204 g/mol. The van der Waals surface area contributed by atoms with Crippen LogP contribution in [0.3, 0.4) is 0 Å². The van der Waals surface area contributed by atoms with Crippen LogP contribution in [0.15, 0.2) is 11.6 Å². The molecule has 3 aliphatic rings. The highest BCUT2D eigenvalue weighted by Gasteiger charge is 2.64. The molecule has 4 atom stereocenters. The van der Waals surface area contributed by atoms with E-state index in [2.05, 4.69) is 33.8 Å². The van der Waals surface area contributed by atoms with Crippen molar-refractivity contribution in [3.05, 3.63) is 11.6 Å². The Balaban J connectivity index is 2.17. The van der Waals surface area contributed by atoms with Crippen LogP contribution in [0.1, 0.15) is 53.4 Å². The van der Waals surface area contributed by atoms with Gasteiger partial charge in [-0.05, 0) is 61.2 Å². The van der Waals surface area contributed by atoms with Gasteiger partial charge in [0, 0.05) is 0 Å². The third-order valence-electron chi connectivity index (χ3n) is 6.43. The Hall–Kier alpha value is -0.260. The zero-order chi connectivity index (χ0) is 10.8. The van der Waals surface area contributed by atoms with E-state index in [0.717, 1.165) is 17.8 Å². The SMILES string of the molecule is CC1=CC[C@H]2C[C@@H]3[C@@H](C)CC[C@@]13C2(C)C. The number of hydrogen-bond acceptors (Lipinski definition) is 0. The van der Waals surface area contributed by atoms with Crippen molar-refractivity contribution in [3.63, 3.8) is 0 Å². The van der Waals surface area contributed by atoms with Crippen LogP contribution in [0, 0.1) is 28.6 Å². The molecule has 3 rings (SSSR count). The Morgan fingerprint density at radius 1 is 1.33 bits per heavy atom. The van der Waals surface area contributed by atoms with E-state index >= 15 is 0 Å². The Labute approximate surface area is 94.1 Å². The van der Waals surface area contributed by atoms with Crippen molar-refractivity contribution in [2.24, 2.45) is 28.6 Å². The van der Waals surface area contributed by atoms with Crippen LogP contribution in [-0.2, 0) is 0 Å². The van der Waals surface area contributed by atoms with Crippen molar-refractivity contribution < 1.29 is 0 Å². The molecule has 0 aromatic carbocycles. The average Bonchev–Trinajstić information content (AvgIpc) is 2.53. The Kier molecular flexibility index (Phi) is 1.79. The molecule has 0 nitrogen and oxygen atoms in total. The molecule has 0 unspecified atom stereocenters. The van der Waals surface area contributed by atoms with E-state index < -0.39 is 0 Å². The third-order valence-corrected chi connectivity index (χ3v) is 6.43. The summed E-state index contributed by atoms with van der Waals surface area (Å²) in [7, 11) is 0. The summed E-state index contributed by atoms with van der Waals surface area (Å²) in [5, 5.41) is 0. The van der Waals surface area contributed by atoms with Crippen LogP contribution in [0.4, 0.5) is 0 Å². The lowest BCUT2D eigenvalue weighted by Gasteiger charge is -2.48. The fourth-order valence-corrected chi connectivity index (χ4v) is 5.42. The number of rotatable bonds is 0. The number of hydrogen-bond donors (Lipinski definition) is 0. The zero-order valence-electron chi connectivity index (χ0n) is 10.6. The van der Waals surface area contributed by atoms with E-state index in [1.165, 1.54) is 25.7 Å². The molecule has 0 N–H and O–H groups in total. The molecular formula is C15H24. The molecule has 0 aliphatic heterocycles. The standard InChI is InChI=1S/C15H24/c1-10-7-8-15-11(2)5-6-12(9-13(10)15)14(15,3)4/h5,10,12-13H,6-9H2,1-4H3/t10-,12-,13+,15+/m0/s1. The Bertz CT molecular complexity index is 323. The van der Waals surface area contributed by atoms with Gasteiger partial charge in [0.25, 0.3) is 0 Å². The van der Waals surface area contributed by atoms with Crippen LogP contribution in [-0.4, -0.2) is 0 Å². The van der Waals surface area contributed by atoms with E-state index in [4.69, 9.17) is 0 Å². The van der Waals surface area contributed by atoms with Crippen LogP contribution < -0.4 is 0 Å². The fraction of sp³-hybridized carbons (Fsp3) is 0.867. The summed E-state index contributed by atoms with van der Waals surface area (Å²) >= 11 is 0. The molecule has 0 saturated heterocycles. The zero-order valence-corrected chi connectivity index (χ0v) is 10.6. The maximum Gasteiger partial charge on any atom is -0.000604 e. The largest absolute Gasteiger partial charge is 0.0847 e. The van der Waals surface area contributed by atoms with Gasteiger partial charge in [0.05, 0.1) is 0 Å². The molecule has 0 radical (unpaired) electrons. The number of fused-ring (bicyclic) bond motifs is 1. The third kappa shape index (κ3) is 0.905. The second-order valence-electron chi connectivity index (χ2n) is 6.87. The van der Waals surface area contributed by atoms with E-state index in [1.807, 2.05) is 0 Å². The summed E-state index contributed by atoms with van der Waals surface area (Å²) in [6.45, 7) is 10.00. The van der Waals surface area contributed by atoms with Gasteiger partial charge < -0.3 is 0 Å². The molecule has 0 heterocycles. The summed E-state index contributed by atoms with van der Waals surface area (Å²) in [4.78, 5) is 0. The van der Waals surface area contributed by atoms with Crippen molar-refractivity contribution in [3.8, 4) is 0 Å². The topological polar surface area (TPSA) is 0 Å². The van der Waals surface area contributed by atoms with Gasteiger partial charge in [0.1, 0.15) is 0 Å². The molecule has 15 heavy (non-hydrogen) atoms. The molecule has 2 fully saturated rings. The van der Waals surface area contributed by atoms with E-state index in [1.54, 1.807) is 5.57 Å². The van der Waals surface area contributed by atoms with Gasteiger partial charge in [-0.3, -0.25) is 0 Å². The minimum Gasteiger partial charge on any atom is -0.0847 e. The summed E-state index contributed by atoms with van der Waals surface area (Å²) in [6.07, 6.45) is 8.34. The lowest BCUT2D eigenvalue weighted by molar-refractivity contribution is 0.0786. The highest BCUT2D eigenvalue weighted by Crippen LogP contribution is 2.72. The molecular weight excluding hydrogens is 180 g/mol. The highest BCUT2D eigenvalue weighted by atomic mass is 14.7. The van der Waals surface area contributed by atoms with Crippen molar-refractivity contribution in [1.29, 1.82) is 0 Å². The lowest BCUT2D eigenvalue weighted by atomic mass is 9.56. The quantitative estimate of drug-likeness (QED) is 0.513. The van der Waals surface area contributed by atoms with Gasteiger partial charge in [0.2, 0.25) is 0 Å². The molecule has 0 heteroatoms. The van der Waals surface area contributed by atoms with Crippen molar-refractivity contribution in [2.45, 2.75) is 53.4 Å².